The van der Waals surface area contributed by atoms with E-state index >= 15 is 0 Å². The van der Waals surface area contributed by atoms with Crippen molar-refractivity contribution in [2.75, 3.05) is 26.2 Å². The van der Waals surface area contributed by atoms with Crippen molar-refractivity contribution in [3.63, 3.8) is 0 Å². The average molecular weight is 341 g/mol. The molecule has 2 rings (SSSR count). The molecule has 1 aliphatic heterocycles. The van der Waals surface area contributed by atoms with Crippen LogP contribution in [0.4, 0.5) is 0 Å². The van der Waals surface area contributed by atoms with Crippen molar-refractivity contribution in [3.05, 3.63) is 29.8 Å². The Bertz CT molecular complexity index is 470. The van der Waals surface area contributed by atoms with E-state index in [0.717, 1.165) is 57.7 Å². The standard InChI is InChI=1S/C18H28N2O2.ClH/c1-3-4-13-22-16-7-5-15(6-8-16)17(21)20-14-18(2)9-11-19-12-10-18;/h5-8,19H,3-4,9-14H2,1-2H3,(H,20,21);1H. The van der Waals surface area contributed by atoms with Gasteiger partial charge in [0.1, 0.15) is 5.75 Å². The number of benzene rings is 1. The van der Waals surface area contributed by atoms with Gasteiger partial charge in [-0.15, -0.1) is 12.4 Å². The van der Waals surface area contributed by atoms with Crippen molar-refractivity contribution < 1.29 is 9.53 Å². The summed E-state index contributed by atoms with van der Waals surface area (Å²) in [6.07, 6.45) is 4.39. The SMILES string of the molecule is CCCCOc1ccc(C(=O)NCC2(C)CCNCC2)cc1.Cl. The maximum absolute atomic E-state index is 12.2. The third-order valence-corrected chi connectivity index (χ3v) is 4.37. The van der Waals surface area contributed by atoms with E-state index in [9.17, 15) is 4.79 Å². The van der Waals surface area contributed by atoms with Crippen LogP contribution < -0.4 is 15.4 Å². The van der Waals surface area contributed by atoms with Gasteiger partial charge in [0.25, 0.3) is 5.91 Å². The van der Waals surface area contributed by atoms with Crippen LogP contribution in [0.15, 0.2) is 24.3 Å². The molecule has 0 spiro atoms. The summed E-state index contributed by atoms with van der Waals surface area (Å²) in [5.41, 5.74) is 0.907. The Morgan fingerprint density at radius 1 is 1.26 bits per heavy atom. The van der Waals surface area contributed by atoms with Crippen LogP contribution in [0.5, 0.6) is 5.75 Å². The van der Waals surface area contributed by atoms with Crippen LogP contribution in [0.1, 0.15) is 49.9 Å². The number of hydrogen-bond donors (Lipinski definition) is 2. The summed E-state index contributed by atoms with van der Waals surface area (Å²) in [7, 11) is 0. The minimum Gasteiger partial charge on any atom is -0.494 e. The number of ether oxygens (including phenoxy) is 1. The zero-order chi connectivity index (χ0) is 15.8. The molecule has 1 aromatic rings. The lowest BCUT2D eigenvalue weighted by molar-refractivity contribution is 0.0922. The van der Waals surface area contributed by atoms with Crippen LogP contribution in [0.25, 0.3) is 0 Å². The molecule has 0 unspecified atom stereocenters. The average Bonchev–Trinajstić information content (AvgIpc) is 2.54. The summed E-state index contributed by atoms with van der Waals surface area (Å²) in [6.45, 7) is 7.93. The lowest BCUT2D eigenvalue weighted by atomic mass is 9.81. The zero-order valence-electron chi connectivity index (χ0n) is 14.2. The predicted molar refractivity (Wildman–Crippen MR) is 96.6 cm³/mol. The molecule has 1 amide bonds. The molecule has 0 radical (unpaired) electrons. The van der Waals surface area contributed by atoms with E-state index in [1.54, 1.807) is 0 Å². The van der Waals surface area contributed by atoms with Gasteiger partial charge in [-0.2, -0.15) is 0 Å². The minimum atomic E-state index is -0.000124. The molecule has 23 heavy (non-hydrogen) atoms. The van der Waals surface area contributed by atoms with Gasteiger partial charge in [0.2, 0.25) is 0 Å². The fraction of sp³-hybridized carbons (Fsp3) is 0.611. The quantitative estimate of drug-likeness (QED) is 0.748. The third kappa shape index (κ3) is 6.40. The fourth-order valence-corrected chi connectivity index (χ4v) is 2.64. The molecule has 0 aliphatic carbocycles. The number of piperidine rings is 1. The molecular weight excluding hydrogens is 312 g/mol. The number of carbonyl (C=O) groups is 1. The maximum atomic E-state index is 12.2. The molecule has 0 aromatic heterocycles. The first-order valence-corrected chi connectivity index (χ1v) is 8.35. The maximum Gasteiger partial charge on any atom is 0.251 e. The fourth-order valence-electron chi connectivity index (χ4n) is 2.64. The van der Waals surface area contributed by atoms with E-state index < -0.39 is 0 Å². The minimum absolute atomic E-state index is 0. The highest BCUT2D eigenvalue weighted by Crippen LogP contribution is 2.26. The number of hydrogen-bond acceptors (Lipinski definition) is 3. The summed E-state index contributed by atoms with van der Waals surface area (Å²) >= 11 is 0. The predicted octanol–water partition coefficient (Wildman–Crippen LogP) is 3.41. The molecule has 4 nitrogen and oxygen atoms in total. The van der Waals surface area contributed by atoms with Gasteiger partial charge in [-0.1, -0.05) is 20.3 Å². The zero-order valence-corrected chi connectivity index (χ0v) is 15.0. The second-order valence-corrected chi connectivity index (χ2v) is 6.47. The third-order valence-electron chi connectivity index (χ3n) is 4.37. The first kappa shape index (κ1) is 19.8. The first-order chi connectivity index (χ1) is 10.6. The van der Waals surface area contributed by atoms with Crippen molar-refractivity contribution in [1.82, 2.24) is 10.6 Å². The molecule has 1 fully saturated rings. The molecule has 1 aliphatic rings. The van der Waals surface area contributed by atoms with Crippen molar-refractivity contribution in [3.8, 4) is 5.75 Å². The summed E-state index contributed by atoms with van der Waals surface area (Å²) in [4.78, 5) is 12.2. The highest BCUT2D eigenvalue weighted by atomic mass is 35.5. The highest BCUT2D eigenvalue weighted by Gasteiger charge is 2.27. The van der Waals surface area contributed by atoms with Gasteiger partial charge in [0.05, 0.1) is 6.61 Å². The number of amides is 1. The van der Waals surface area contributed by atoms with E-state index in [4.69, 9.17) is 4.74 Å². The van der Waals surface area contributed by atoms with Crippen molar-refractivity contribution in [2.24, 2.45) is 5.41 Å². The van der Waals surface area contributed by atoms with Gasteiger partial charge >= 0.3 is 0 Å². The molecule has 1 heterocycles. The van der Waals surface area contributed by atoms with E-state index in [1.165, 1.54) is 0 Å². The highest BCUT2D eigenvalue weighted by molar-refractivity contribution is 5.94. The van der Waals surface area contributed by atoms with Crippen LogP contribution >= 0.6 is 12.4 Å². The van der Waals surface area contributed by atoms with E-state index in [2.05, 4.69) is 24.5 Å². The van der Waals surface area contributed by atoms with Gasteiger partial charge in [-0.3, -0.25) is 4.79 Å². The number of unbranched alkanes of at least 4 members (excludes halogenated alkanes) is 1. The topological polar surface area (TPSA) is 50.4 Å². The van der Waals surface area contributed by atoms with Gasteiger partial charge in [0, 0.05) is 12.1 Å². The Hall–Kier alpha value is -1.26. The summed E-state index contributed by atoms with van der Waals surface area (Å²) in [5.74, 6) is 0.829. The molecule has 0 atom stereocenters. The summed E-state index contributed by atoms with van der Waals surface area (Å²) in [5, 5.41) is 6.43. The van der Waals surface area contributed by atoms with Crippen molar-refractivity contribution >= 4 is 18.3 Å². The first-order valence-electron chi connectivity index (χ1n) is 8.35. The largest absolute Gasteiger partial charge is 0.494 e. The van der Waals surface area contributed by atoms with Gasteiger partial charge in [0.15, 0.2) is 0 Å². The van der Waals surface area contributed by atoms with Crippen LogP contribution in [0, 0.1) is 5.41 Å². The van der Waals surface area contributed by atoms with E-state index in [0.29, 0.717) is 5.56 Å². The molecule has 1 aromatic carbocycles. The molecule has 5 heteroatoms. The molecule has 0 bridgehead atoms. The Balaban J connectivity index is 0.00000264. The summed E-state index contributed by atoms with van der Waals surface area (Å²) in [6, 6.07) is 7.41. The Labute approximate surface area is 145 Å². The second kappa shape index (κ2) is 9.78. The number of rotatable bonds is 7. The van der Waals surface area contributed by atoms with Crippen LogP contribution in [-0.4, -0.2) is 32.1 Å². The summed E-state index contributed by atoms with van der Waals surface area (Å²) < 4.78 is 5.61. The van der Waals surface area contributed by atoms with Crippen LogP contribution in [0.2, 0.25) is 0 Å². The lowest BCUT2D eigenvalue weighted by Crippen LogP contribution is -2.42. The van der Waals surface area contributed by atoms with E-state index in [1.807, 2.05) is 24.3 Å². The smallest absolute Gasteiger partial charge is 0.251 e. The van der Waals surface area contributed by atoms with Crippen LogP contribution in [-0.2, 0) is 0 Å². The van der Waals surface area contributed by atoms with Gasteiger partial charge < -0.3 is 15.4 Å². The van der Waals surface area contributed by atoms with Gasteiger partial charge in [-0.25, -0.2) is 0 Å². The van der Waals surface area contributed by atoms with Gasteiger partial charge in [-0.05, 0) is 62.0 Å². The number of halogens is 1. The van der Waals surface area contributed by atoms with Crippen LogP contribution in [0.3, 0.4) is 0 Å². The van der Waals surface area contributed by atoms with E-state index in [-0.39, 0.29) is 23.7 Å². The molecule has 2 N–H and O–H groups in total. The lowest BCUT2D eigenvalue weighted by Gasteiger charge is -2.34. The van der Waals surface area contributed by atoms with Crippen molar-refractivity contribution in [2.45, 2.75) is 39.5 Å². The molecule has 130 valence electrons. The number of carbonyl (C=O) groups excluding carboxylic acids is 1. The second-order valence-electron chi connectivity index (χ2n) is 6.47. The Kier molecular flexibility index (Phi) is 8.42. The normalized spacial score (nSPS) is 16.3. The number of nitrogens with one attached hydrogen (secondary N) is 2. The Morgan fingerprint density at radius 2 is 1.91 bits per heavy atom. The van der Waals surface area contributed by atoms with Crippen molar-refractivity contribution in [1.29, 1.82) is 0 Å². The molecule has 1 saturated heterocycles. The Morgan fingerprint density at radius 3 is 2.52 bits per heavy atom. The monoisotopic (exact) mass is 340 g/mol. The molecule has 0 saturated carbocycles. The molecular formula is C18H29ClN2O2.